The Bertz CT molecular complexity index is 922. The molecular weight excluding hydrogens is 392 g/mol. The standard InChI is InChI=1S/C21H24N2O5S/c1-3-26-21(25)19-15(14-5-6-14)11-29-20(19)22-18(24)10-23(2)9-13-4-7-16-17(8-13)28-12-27-16/h4,7-8,11,14H,3,5-6,9-10,12H2,1-2H3,(H,22,24)/p+1. The van der Waals surface area contributed by atoms with Crippen LogP contribution in [-0.2, 0) is 16.1 Å². The van der Waals surface area contributed by atoms with Crippen LogP contribution >= 0.6 is 11.3 Å². The summed E-state index contributed by atoms with van der Waals surface area (Å²) in [5, 5.41) is 5.49. The highest BCUT2D eigenvalue weighted by molar-refractivity contribution is 7.15. The average Bonchev–Trinajstić information content (AvgIpc) is 3.27. The van der Waals surface area contributed by atoms with Crippen molar-refractivity contribution in [3.8, 4) is 11.5 Å². The van der Waals surface area contributed by atoms with Crippen molar-refractivity contribution in [3.05, 3.63) is 40.3 Å². The minimum Gasteiger partial charge on any atom is -0.462 e. The van der Waals surface area contributed by atoms with Gasteiger partial charge in [-0.25, -0.2) is 4.79 Å². The van der Waals surface area contributed by atoms with Crippen molar-refractivity contribution >= 4 is 28.2 Å². The molecule has 1 saturated carbocycles. The molecule has 4 rings (SSSR count). The zero-order valence-electron chi connectivity index (χ0n) is 16.6. The summed E-state index contributed by atoms with van der Waals surface area (Å²) >= 11 is 1.40. The number of hydrogen-bond acceptors (Lipinski definition) is 6. The van der Waals surface area contributed by atoms with Crippen molar-refractivity contribution < 1.29 is 28.7 Å². The number of likely N-dealkylation sites (N-methyl/N-ethyl adjacent to an activating group) is 1. The second kappa shape index (κ2) is 8.42. The number of ether oxygens (including phenoxy) is 3. The number of nitrogens with one attached hydrogen (secondary N) is 2. The maximum Gasteiger partial charge on any atom is 0.341 e. The fourth-order valence-electron chi connectivity index (χ4n) is 3.48. The van der Waals surface area contributed by atoms with Gasteiger partial charge >= 0.3 is 5.97 Å². The van der Waals surface area contributed by atoms with Crippen LogP contribution in [0, 0.1) is 0 Å². The molecule has 29 heavy (non-hydrogen) atoms. The van der Waals surface area contributed by atoms with Crippen LogP contribution in [0.1, 0.15) is 47.2 Å². The first-order valence-corrected chi connectivity index (χ1v) is 10.7. The van der Waals surface area contributed by atoms with Gasteiger partial charge in [-0.15, -0.1) is 11.3 Å². The third-order valence-corrected chi connectivity index (χ3v) is 5.89. The fraction of sp³-hybridized carbons (Fsp3) is 0.429. The van der Waals surface area contributed by atoms with E-state index in [9.17, 15) is 9.59 Å². The van der Waals surface area contributed by atoms with Gasteiger partial charge in [0.15, 0.2) is 18.0 Å². The number of anilines is 1. The second-order valence-electron chi connectivity index (χ2n) is 7.44. The Morgan fingerprint density at radius 2 is 2.07 bits per heavy atom. The molecule has 1 aromatic heterocycles. The summed E-state index contributed by atoms with van der Waals surface area (Å²) in [5.41, 5.74) is 2.60. The normalized spacial score (nSPS) is 15.8. The summed E-state index contributed by atoms with van der Waals surface area (Å²) in [6.07, 6.45) is 2.16. The second-order valence-corrected chi connectivity index (χ2v) is 8.32. The third-order valence-electron chi connectivity index (χ3n) is 4.97. The lowest BCUT2D eigenvalue weighted by Crippen LogP contribution is -3.08. The first kappa shape index (κ1) is 19.7. The minimum absolute atomic E-state index is 0.127. The molecule has 2 aliphatic rings. The maximum absolute atomic E-state index is 12.6. The van der Waals surface area contributed by atoms with E-state index in [-0.39, 0.29) is 25.2 Å². The van der Waals surface area contributed by atoms with Crippen LogP contribution in [-0.4, -0.2) is 38.9 Å². The van der Waals surface area contributed by atoms with E-state index in [1.54, 1.807) is 6.92 Å². The number of carbonyl (C=O) groups excluding carboxylic acids is 2. The highest BCUT2D eigenvalue weighted by atomic mass is 32.1. The molecule has 2 heterocycles. The Labute approximate surface area is 173 Å². The van der Waals surface area contributed by atoms with Crippen LogP contribution in [0.25, 0.3) is 0 Å². The van der Waals surface area contributed by atoms with Crippen molar-refractivity contribution in [2.75, 3.05) is 32.3 Å². The van der Waals surface area contributed by atoms with Gasteiger partial charge in [-0.2, -0.15) is 0 Å². The largest absolute Gasteiger partial charge is 0.462 e. The molecule has 0 spiro atoms. The molecule has 0 radical (unpaired) electrons. The van der Waals surface area contributed by atoms with Crippen LogP contribution < -0.4 is 19.7 Å². The molecule has 0 saturated heterocycles. The number of benzene rings is 1. The van der Waals surface area contributed by atoms with Crippen LogP contribution in [0.2, 0.25) is 0 Å². The summed E-state index contributed by atoms with van der Waals surface area (Å²) in [5.74, 6) is 1.42. The van der Waals surface area contributed by atoms with Crippen LogP contribution in [0.4, 0.5) is 5.00 Å². The monoisotopic (exact) mass is 417 g/mol. The zero-order valence-corrected chi connectivity index (χ0v) is 17.4. The quantitative estimate of drug-likeness (QED) is 0.644. The molecule has 8 heteroatoms. The highest BCUT2D eigenvalue weighted by Crippen LogP contribution is 2.46. The Morgan fingerprint density at radius 1 is 1.28 bits per heavy atom. The van der Waals surface area contributed by atoms with Gasteiger partial charge in [-0.05, 0) is 54.8 Å². The van der Waals surface area contributed by atoms with Gasteiger partial charge < -0.3 is 24.4 Å². The molecular formula is C21H25N2O5S+. The van der Waals surface area contributed by atoms with E-state index in [0.717, 1.165) is 40.4 Å². The number of fused-ring (bicyclic) bond motifs is 1. The molecule has 1 aliphatic heterocycles. The van der Waals surface area contributed by atoms with E-state index in [1.807, 2.05) is 30.6 Å². The van der Waals surface area contributed by atoms with E-state index < -0.39 is 0 Å². The van der Waals surface area contributed by atoms with Gasteiger partial charge in [0, 0.05) is 5.56 Å². The number of carbonyl (C=O) groups is 2. The topological polar surface area (TPSA) is 78.3 Å². The summed E-state index contributed by atoms with van der Waals surface area (Å²) in [4.78, 5) is 26.1. The fourth-order valence-corrected chi connectivity index (χ4v) is 4.53. The van der Waals surface area contributed by atoms with E-state index in [2.05, 4.69) is 5.32 Å². The first-order valence-electron chi connectivity index (χ1n) is 9.83. The predicted octanol–water partition coefficient (Wildman–Crippen LogP) is 2.18. The number of quaternary nitrogens is 1. The Hall–Kier alpha value is -2.58. The summed E-state index contributed by atoms with van der Waals surface area (Å²) in [7, 11) is 1.96. The van der Waals surface area contributed by atoms with Crippen LogP contribution in [0.5, 0.6) is 11.5 Å². The minimum atomic E-state index is -0.355. The van der Waals surface area contributed by atoms with E-state index >= 15 is 0 Å². The number of thiophene rings is 1. The van der Waals surface area contributed by atoms with Gasteiger partial charge in [0.2, 0.25) is 6.79 Å². The first-order chi connectivity index (χ1) is 14.0. The van der Waals surface area contributed by atoms with Crippen LogP contribution in [0.15, 0.2) is 23.6 Å². The highest BCUT2D eigenvalue weighted by Gasteiger charge is 2.32. The lowest BCUT2D eigenvalue weighted by atomic mass is 10.1. The van der Waals surface area contributed by atoms with Crippen molar-refractivity contribution in [3.63, 3.8) is 0 Å². The maximum atomic E-state index is 12.6. The summed E-state index contributed by atoms with van der Waals surface area (Å²) < 4.78 is 16.0. The lowest BCUT2D eigenvalue weighted by molar-refractivity contribution is -0.885. The zero-order chi connectivity index (χ0) is 20.4. The van der Waals surface area contributed by atoms with Gasteiger partial charge in [-0.3, -0.25) is 4.79 Å². The number of amides is 1. The van der Waals surface area contributed by atoms with E-state index in [0.29, 0.717) is 29.6 Å². The molecule has 1 unspecified atom stereocenters. The lowest BCUT2D eigenvalue weighted by Gasteiger charge is -2.14. The number of hydrogen-bond donors (Lipinski definition) is 2. The van der Waals surface area contributed by atoms with Gasteiger partial charge in [0.05, 0.1) is 19.2 Å². The number of esters is 1. The molecule has 7 nitrogen and oxygen atoms in total. The molecule has 2 aromatic rings. The predicted molar refractivity (Wildman–Crippen MR) is 109 cm³/mol. The Morgan fingerprint density at radius 3 is 2.83 bits per heavy atom. The Kier molecular flexibility index (Phi) is 5.73. The van der Waals surface area contributed by atoms with E-state index in [1.165, 1.54) is 11.3 Å². The molecule has 1 aromatic carbocycles. The van der Waals surface area contributed by atoms with E-state index in [4.69, 9.17) is 14.2 Å². The Balaban J connectivity index is 1.38. The molecule has 1 aliphatic carbocycles. The molecule has 1 amide bonds. The number of rotatable bonds is 8. The molecule has 2 N–H and O–H groups in total. The molecule has 0 bridgehead atoms. The smallest absolute Gasteiger partial charge is 0.341 e. The van der Waals surface area contributed by atoms with Gasteiger partial charge in [0.25, 0.3) is 5.91 Å². The van der Waals surface area contributed by atoms with Crippen LogP contribution in [0.3, 0.4) is 0 Å². The molecule has 1 atom stereocenters. The third kappa shape index (κ3) is 4.54. The van der Waals surface area contributed by atoms with Gasteiger partial charge in [-0.1, -0.05) is 0 Å². The van der Waals surface area contributed by atoms with Crippen molar-refractivity contribution in [2.45, 2.75) is 32.2 Å². The van der Waals surface area contributed by atoms with Crippen molar-refractivity contribution in [1.29, 1.82) is 0 Å². The van der Waals surface area contributed by atoms with Gasteiger partial charge in [0.1, 0.15) is 11.5 Å². The SMILES string of the molecule is CCOC(=O)c1c(C2CC2)csc1NC(=O)C[NH+](C)Cc1ccc2c(c1)OCO2. The molecule has 154 valence electrons. The summed E-state index contributed by atoms with van der Waals surface area (Å²) in [6, 6.07) is 5.82. The van der Waals surface area contributed by atoms with Crippen molar-refractivity contribution in [1.82, 2.24) is 0 Å². The molecule has 1 fully saturated rings. The average molecular weight is 418 g/mol. The van der Waals surface area contributed by atoms with Crippen molar-refractivity contribution in [2.24, 2.45) is 0 Å². The summed E-state index contributed by atoms with van der Waals surface area (Å²) in [6.45, 7) is 3.30.